The number of aryl methyl sites for hydroxylation is 1. The van der Waals surface area contributed by atoms with Crippen molar-refractivity contribution in [3.8, 4) is 0 Å². The number of hydrogen-bond donors (Lipinski definition) is 2. The molecule has 0 aliphatic heterocycles. The lowest BCUT2D eigenvalue weighted by atomic mass is 10.1. The van der Waals surface area contributed by atoms with Crippen LogP contribution in [0, 0.1) is 12.7 Å². The third kappa shape index (κ3) is 3.19. The Balaban J connectivity index is 2.48. The van der Waals surface area contributed by atoms with Gasteiger partial charge in [0.1, 0.15) is 10.8 Å². The minimum Gasteiger partial charge on any atom is -0.389 e. The molecule has 0 fully saturated rings. The molecule has 0 aromatic heterocycles. The number of halogens is 3. The van der Waals surface area contributed by atoms with E-state index in [4.69, 9.17) is 18.0 Å². The molecule has 20 heavy (non-hydrogen) atoms. The summed E-state index contributed by atoms with van der Waals surface area (Å²) >= 11 is 11.6. The predicted octanol–water partition coefficient (Wildman–Crippen LogP) is 5.04. The molecule has 0 bridgehead atoms. The van der Waals surface area contributed by atoms with Gasteiger partial charge in [-0.25, -0.2) is 4.39 Å². The number of thiocarbonyl (C=S) groups is 1. The lowest BCUT2D eigenvalue weighted by Crippen LogP contribution is -2.13. The van der Waals surface area contributed by atoms with Crippen LogP contribution in [0.15, 0.2) is 39.3 Å². The molecule has 0 heterocycles. The topological polar surface area (TPSA) is 38.0 Å². The van der Waals surface area contributed by atoms with Gasteiger partial charge in [0.15, 0.2) is 0 Å². The summed E-state index contributed by atoms with van der Waals surface area (Å²) in [5.74, 6) is -0.329. The van der Waals surface area contributed by atoms with E-state index >= 15 is 0 Å². The molecule has 104 valence electrons. The van der Waals surface area contributed by atoms with E-state index in [2.05, 4.69) is 37.2 Å². The Labute approximate surface area is 138 Å². The fourth-order valence-electron chi connectivity index (χ4n) is 1.80. The second-order valence-electron chi connectivity index (χ2n) is 4.23. The van der Waals surface area contributed by atoms with E-state index in [-0.39, 0.29) is 10.8 Å². The average molecular weight is 418 g/mol. The normalized spacial score (nSPS) is 10.4. The summed E-state index contributed by atoms with van der Waals surface area (Å²) in [7, 11) is 0. The Morgan fingerprint density at radius 3 is 2.55 bits per heavy atom. The van der Waals surface area contributed by atoms with Crippen molar-refractivity contribution in [3.63, 3.8) is 0 Å². The van der Waals surface area contributed by atoms with Crippen molar-refractivity contribution in [3.05, 3.63) is 56.2 Å². The number of rotatable bonds is 3. The molecule has 0 amide bonds. The molecule has 6 heteroatoms. The van der Waals surface area contributed by atoms with Crippen molar-refractivity contribution >= 4 is 60.4 Å². The van der Waals surface area contributed by atoms with Gasteiger partial charge in [-0.2, -0.15) is 0 Å². The quantitative estimate of drug-likeness (QED) is 0.687. The zero-order chi connectivity index (χ0) is 14.9. The second-order valence-corrected chi connectivity index (χ2v) is 6.38. The average Bonchev–Trinajstić information content (AvgIpc) is 2.35. The molecule has 2 aromatic carbocycles. The second kappa shape index (κ2) is 6.20. The van der Waals surface area contributed by atoms with Crippen LogP contribution >= 0.6 is 44.1 Å². The molecule has 0 atom stereocenters. The number of nitrogens with two attached hydrogens (primary N) is 1. The van der Waals surface area contributed by atoms with Crippen LogP contribution < -0.4 is 11.1 Å². The molecule has 2 rings (SSSR count). The maximum Gasteiger partial charge on any atom is 0.139 e. The maximum atomic E-state index is 13.7. The summed E-state index contributed by atoms with van der Waals surface area (Å²) in [4.78, 5) is 0.273. The van der Waals surface area contributed by atoms with Gasteiger partial charge in [0.2, 0.25) is 0 Å². The van der Waals surface area contributed by atoms with E-state index < -0.39 is 0 Å². The van der Waals surface area contributed by atoms with E-state index in [0.717, 1.165) is 15.7 Å². The summed E-state index contributed by atoms with van der Waals surface area (Å²) in [6.45, 7) is 1.89. The maximum absolute atomic E-state index is 13.7. The van der Waals surface area contributed by atoms with Crippen molar-refractivity contribution < 1.29 is 4.39 Å². The summed E-state index contributed by atoms with van der Waals surface area (Å²) in [6.07, 6.45) is 0. The number of nitrogens with one attached hydrogen (secondary N) is 1. The fourth-order valence-corrected chi connectivity index (χ4v) is 3.19. The molecule has 0 aliphatic carbocycles. The van der Waals surface area contributed by atoms with Crippen molar-refractivity contribution in [2.75, 3.05) is 5.32 Å². The zero-order valence-corrected chi connectivity index (χ0v) is 14.5. The van der Waals surface area contributed by atoms with Crippen molar-refractivity contribution in [1.82, 2.24) is 0 Å². The lowest BCUT2D eigenvalue weighted by Gasteiger charge is -2.15. The molecule has 0 saturated carbocycles. The highest BCUT2D eigenvalue weighted by molar-refractivity contribution is 9.10. The van der Waals surface area contributed by atoms with Crippen molar-refractivity contribution in [2.45, 2.75) is 6.92 Å². The molecule has 0 aliphatic rings. The molecular formula is C14H11Br2FN2S. The SMILES string of the molecule is Cc1cc(Br)c(F)cc1Nc1cccc(Br)c1C(N)=S. The van der Waals surface area contributed by atoms with Gasteiger partial charge in [-0.15, -0.1) is 0 Å². The van der Waals surface area contributed by atoms with E-state index in [1.54, 1.807) is 6.07 Å². The Morgan fingerprint density at radius 1 is 1.20 bits per heavy atom. The van der Waals surface area contributed by atoms with Crippen LogP contribution in [-0.4, -0.2) is 4.99 Å². The van der Waals surface area contributed by atoms with Crippen molar-refractivity contribution in [2.24, 2.45) is 5.73 Å². The molecule has 2 aromatic rings. The van der Waals surface area contributed by atoms with Gasteiger partial charge >= 0.3 is 0 Å². The molecule has 2 nitrogen and oxygen atoms in total. The molecule has 0 saturated heterocycles. The number of benzene rings is 2. The monoisotopic (exact) mass is 416 g/mol. The summed E-state index contributed by atoms with van der Waals surface area (Å²) in [5, 5.41) is 3.17. The molecule has 3 N–H and O–H groups in total. The molecule has 0 unspecified atom stereocenters. The first-order valence-corrected chi connectivity index (χ1v) is 7.70. The van der Waals surface area contributed by atoms with Gasteiger partial charge < -0.3 is 11.1 Å². The smallest absolute Gasteiger partial charge is 0.139 e. The third-order valence-electron chi connectivity index (χ3n) is 2.80. The minimum absolute atomic E-state index is 0.273. The first-order valence-electron chi connectivity index (χ1n) is 5.71. The Morgan fingerprint density at radius 2 is 1.90 bits per heavy atom. The lowest BCUT2D eigenvalue weighted by molar-refractivity contribution is 0.621. The highest BCUT2D eigenvalue weighted by Crippen LogP contribution is 2.30. The fraction of sp³-hybridized carbons (Fsp3) is 0.0714. The van der Waals surface area contributed by atoms with Gasteiger partial charge in [-0.05, 0) is 68.6 Å². The third-order valence-corrected chi connectivity index (χ3v) is 4.27. The summed E-state index contributed by atoms with van der Waals surface area (Å²) in [5.41, 5.74) is 8.75. The number of anilines is 2. The van der Waals surface area contributed by atoms with Crippen molar-refractivity contribution in [1.29, 1.82) is 0 Å². The summed E-state index contributed by atoms with van der Waals surface area (Å²) < 4.78 is 14.9. The van der Waals surface area contributed by atoms with E-state index in [1.807, 2.05) is 25.1 Å². The molecular weight excluding hydrogens is 407 g/mol. The van der Waals surface area contributed by atoms with Gasteiger partial charge in [0.05, 0.1) is 4.47 Å². The molecule has 0 radical (unpaired) electrons. The van der Waals surface area contributed by atoms with Crippen LogP contribution in [0.4, 0.5) is 15.8 Å². The van der Waals surface area contributed by atoms with Crippen LogP contribution in [0.1, 0.15) is 11.1 Å². The van der Waals surface area contributed by atoms with E-state index in [0.29, 0.717) is 15.7 Å². The van der Waals surface area contributed by atoms with Crippen LogP contribution in [0.3, 0.4) is 0 Å². The Hall–Kier alpha value is -0.980. The highest BCUT2D eigenvalue weighted by atomic mass is 79.9. The predicted molar refractivity (Wildman–Crippen MR) is 92.1 cm³/mol. The van der Waals surface area contributed by atoms with Gasteiger partial charge in [-0.1, -0.05) is 18.3 Å². The largest absolute Gasteiger partial charge is 0.389 e. The first-order chi connectivity index (χ1) is 9.40. The summed E-state index contributed by atoms with van der Waals surface area (Å²) in [6, 6.07) is 8.71. The van der Waals surface area contributed by atoms with Crippen LogP contribution in [0.2, 0.25) is 0 Å². The van der Waals surface area contributed by atoms with Gasteiger partial charge in [-0.3, -0.25) is 0 Å². The van der Waals surface area contributed by atoms with Gasteiger partial charge in [0, 0.05) is 21.4 Å². The molecule has 0 spiro atoms. The number of hydrogen-bond acceptors (Lipinski definition) is 2. The zero-order valence-electron chi connectivity index (χ0n) is 10.5. The highest BCUT2D eigenvalue weighted by Gasteiger charge is 2.12. The van der Waals surface area contributed by atoms with E-state index in [9.17, 15) is 4.39 Å². The van der Waals surface area contributed by atoms with Crippen LogP contribution in [-0.2, 0) is 0 Å². The standard InChI is InChI=1S/C14H11Br2FN2S/c1-7-5-9(16)10(17)6-12(7)19-11-4-2-3-8(15)13(11)14(18)20/h2-6,19H,1H3,(H2,18,20). The Kier molecular flexibility index (Phi) is 4.78. The van der Waals surface area contributed by atoms with E-state index in [1.165, 1.54) is 6.07 Å². The Bertz CT molecular complexity index is 689. The minimum atomic E-state index is -0.329. The first kappa shape index (κ1) is 15.4. The van der Waals surface area contributed by atoms with Crippen LogP contribution in [0.25, 0.3) is 0 Å². The van der Waals surface area contributed by atoms with Crippen LogP contribution in [0.5, 0.6) is 0 Å². The van der Waals surface area contributed by atoms with Gasteiger partial charge in [0.25, 0.3) is 0 Å².